The number of rotatable bonds is 4. The summed E-state index contributed by atoms with van der Waals surface area (Å²) in [6.45, 7) is 0.644. The number of esters is 1. The fourth-order valence-electron chi connectivity index (χ4n) is 1.56. The molecule has 5 heteroatoms. The molecule has 4 nitrogen and oxygen atoms in total. The van der Waals surface area contributed by atoms with Crippen LogP contribution in [-0.4, -0.2) is 18.1 Å². The Morgan fingerprint density at radius 2 is 2.00 bits per heavy atom. The van der Waals surface area contributed by atoms with Gasteiger partial charge in [-0.2, -0.15) is 0 Å². The number of pyridine rings is 1. The number of ether oxygens (including phenoxy) is 1. The van der Waals surface area contributed by atoms with Gasteiger partial charge in [0.1, 0.15) is 5.15 Å². The number of benzene rings is 1. The third kappa shape index (κ3) is 3.69. The third-order valence-corrected chi connectivity index (χ3v) is 2.82. The molecule has 2 rings (SSSR count). The van der Waals surface area contributed by atoms with Gasteiger partial charge in [-0.1, -0.05) is 23.7 Å². The van der Waals surface area contributed by atoms with Gasteiger partial charge in [-0.05, 0) is 29.8 Å². The summed E-state index contributed by atoms with van der Waals surface area (Å²) in [5.41, 5.74) is 2.49. The molecule has 98 valence electrons. The standard InChI is InChI=1S/C14H13ClN2O2/c1-19-14(18)11-4-2-10(3-5-11)8-16-12-6-7-13(15)17-9-12/h2-7,9,16H,8H2,1H3. The fraction of sp³-hybridized carbons (Fsp3) is 0.143. The first-order valence-corrected chi connectivity index (χ1v) is 6.09. The molecule has 0 spiro atoms. The first-order valence-electron chi connectivity index (χ1n) is 5.72. The first-order chi connectivity index (χ1) is 9.19. The molecule has 0 saturated heterocycles. The lowest BCUT2D eigenvalue weighted by atomic mass is 10.1. The van der Waals surface area contributed by atoms with Gasteiger partial charge in [0.05, 0.1) is 24.6 Å². The van der Waals surface area contributed by atoms with Crippen LogP contribution in [0.15, 0.2) is 42.6 Å². The molecule has 1 heterocycles. The Morgan fingerprint density at radius 3 is 2.58 bits per heavy atom. The Bertz CT molecular complexity index is 553. The monoisotopic (exact) mass is 276 g/mol. The molecule has 0 radical (unpaired) electrons. The Kier molecular flexibility index (Phi) is 4.36. The van der Waals surface area contributed by atoms with E-state index in [1.54, 1.807) is 24.4 Å². The molecule has 0 aliphatic heterocycles. The summed E-state index contributed by atoms with van der Waals surface area (Å²) in [6, 6.07) is 10.8. The Hall–Kier alpha value is -2.07. The van der Waals surface area contributed by atoms with Gasteiger partial charge in [-0.15, -0.1) is 0 Å². The van der Waals surface area contributed by atoms with Gasteiger partial charge in [0.2, 0.25) is 0 Å². The molecule has 0 saturated carbocycles. The van der Waals surface area contributed by atoms with E-state index in [0.29, 0.717) is 17.3 Å². The molecule has 0 bridgehead atoms. The van der Waals surface area contributed by atoms with Crippen molar-refractivity contribution >= 4 is 23.3 Å². The molecular weight excluding hydrogens is 264 g/mol. The van der Waals surface area contributed by atoms with Crippen molar-refractivity contribution in [3.8, 4) is 0 Å². The van der Waals surface area contributed by atoms with E-state index in [0.717, 1.165) is 11.3 Å². The van der Waals surface area contributed by atoms with E-state index in [1.165, 1.54) is 7.11 Å². The smallest absolute Gasteiger partial charge is 0.337 e. The summed E-state index contributed by atoms with van der Waals surface area (Å²) in [4.78, 5) is 15.3. The van der Waals surface area contributed by atoms with Crippen LogP contribution in [0.4, 0.5) is 5.69 Å². The maximum atomic E-state index is 11.3. The molecule has 0 aliphatic carbocycles. The number of carbonyl (C=O) groups excluding carboxylic acids is 1. The molecule has 0 fully saturated rings. The fourth-order valence-corrected chi connectivity index (χ4v) is 1.67. The van der Waals surface area contributed by atoms with Crippen LogP contribution in [0.2, 0.25) is 5.15 Å². The molecule has 0 amide bonds. The second-order valence-electron chi connectivity index (χ2n) is 3.91. The zero-order chi connectivity index (χ0) is 13.7. The lowest BCUT2D eigenvalue weighted by Gasteiger charge is -2.06. The number of halogens is 1. The molecule has 0 unspecified atom stereocenters. The lowest BCUT2D eigenvalue weighted by molar-refractivity contribution is 0.0600. The van der Waals surface area contributed by atoms with E-state index in [4.69, 9.17) is 11.6 Å². The van der Waals surface area contributed by atoms with E-state index in [2.05, 4.69) is 15.0 Å². The predicted octanol–water partition coefficient (Wildman–Crippen LogP) is 3.13. The number of nitrogens with one attached hydrogen (secondary N) is 1. The Balaban J connectivity index is 1.96. The number of nitrogens with zero attached hydrogens (tertiary/aromatic N) is 1. The Labute approximate surface area is 116 Å². The molecule has 19 heavy (non-hydrogen) atoms. The molecule has 0 atom stereocenters. The summed E-state index contributed by atoms with van der Waals surface area (Å²) in [5.74, 6) is -0.332. The van der Waals surface area contributed by atoms with Crippen LogP contribution in [0.1, 0.15) is 15.9 Å². The second kappa shape index (κ2) is 6.20. The molecule has 1 aromatic carbocycles. The van der Waals surface area contributed by atoms with Crippen LogP contribution >= 0.6 is 11.6 Å². The quantitative estimate of drug-likeness (QED) is 0.688. The van der Waals surface area contributed by atoms with Crippen molar-refractivity contribution in [1.29, 1.82) is 0 Å². The van der Waals surface area contributed by atoms with Crippen LogP contribution in [0.25, 0.3) is 0 Å². The number of hydrogen-bond donors (Lipinski definition) is 1. The predicted molar refractivity (Wildman–Crippen MR) is 74.4 cm³/mol. The van der Waals surface area contributed by atoms with E-state index in [9.17, 15) is 4.79 Å². The summed E-state index contributed by atoms with van der Waals surface area (Å²) in [7, 11) is 1.37. The molecule has 1 aromatic heterocycles. The topological polar surface area (TPSA) is 51.2 Å². The van der Waals surface area contributed by atoms with E-state index in [1.807, 2.05) is 18.2 Å². The zero-order valence-corrected chi connectivity index (χ0v) is 11.1. The third-order valence-electron chi connectivity index (χ3n) is 2.60. The number of methoxy groups -OCH3 is 1. The van der Waals surface area contributed by atoms with Crippen molar-refractivity contribution in [3.63, 3.8) is 0 Å². The van der Waals surface area contributed by atoms with Crippen LogP contribution in [0.3, 0.4) is 0 Å². The zero-order valence-electron chi connectivity index (χ0n) is 10.4. The van der Waals surface area contributed by atoms with E-state index >= 15 is 0 Å². The summed E-state index contributed by atoms with van der Waals surface area (Å²) in [5, 5.41) is 3.68. The van der Waals surface area contributed by atoms with Gasteiger partial charge in [0.25, 0.3) is 0 Å². The highest BCUT2D eigenvalue weighted by atomic mass is 35.5. The average molecular weight is 277 g/mol. The SMILES string of the molecule is COC(=O)c1ccc(CNc2ccc(Cl)nc2)cc1. The van der Waals surface area contributed by atoms with Gasteiger partial charge >= 0.3 is 5.97 Å². The van der Waals surface area contributed by atoms with Crippen molar-refractivity contribution in [2.45, 2.75) is 6.54 Å². The second-order valence-corrected chi connectivity index (χ2v) is 4.30. The molecule has 0 aliphatic rings. The first kappa shape index (κ1) is 13.4. The van der Waals surface area contributed by atoms with Gasteiger partial charge in [0.15, 0.2) is 0 Å². The minimum absolute atomic E-state index is 0.332. The van der Waals surface area contributed by atoms with Crippen molar-refractivity contribution in [1.82, 2.24) is 4.98 Å². The largest absolute Gasteiger partial charge is 0.465 e. The van der Waals surface area contributed by atoms with Crippen LogP contribution in [0.5, 0.6) is 0 Å². The minimum atomic E-state index is -0.332. The van der Waals surface area contributed by atoms with Crippen molar-refractivity contribution in [2.75, 3.05) is 12.4 Å². The van der Waals surface area contributed by atoms with Crippen molar-refractivity contribution in [3.05, 3.63) is 58.9 Å². The van der Waals surface area contributed by atoms with Gasteiger partial charge in [-0.25, -0.2) is 9.78 Å². The number of carbonyl (C=O) groups is 1. The van der Waals surface area contributed by atoms with Crippen LogP contribution in [-0.2, 0) is 11.3 Å². The van der Waals surface area contributed by atoms with Crippen molar-refractivity contribution in [2.24, 2.45) is 0 Å². The van der Waals surface area contributed by atoms with Gasteiger partial charge < -0.3 is 10.1 Å². The highest BCUT2D eigenvalue weighted by Crippen LogP contribution is 2.12. The molecular formula is C14H13ClN2O2. The van der Waals surface area contributed by atoms with Gasteiger partial charge in [-0.3, -0.25) is 0 Å². The van der Waals surface area contributed by atoms with E-state index in [-0.39, 0.29) is 5.97 Å². The normalized spacial score (nSPS) is 10.0. The maximum absolute atomic E-state index is 11.3. The lowest BCUT2D eigenvalue weighted by Crippen LogP contribution is -2.03. The summed E-state index contributed by atoms with van der Waals surface area (Å²) >= 11 is 5.71. The maximum Gasteiger partial charge on any atom is 0.337 e. The summed E-state index contributed by atoms with van der Waals surface area (Å²) in [6.07, 6.45) is 1.67. The molecule has 1 N–H and O–H groups in total. The minimum Gasteiger partial charge on any atom is -0.465 e. The highest BCUT2D eigenvalue weighted by Gasteiger charge is 2.04. The van der Waals surface area contributed by atoms with Crippen molar-refractivity contribution < 1.29 is 9.53 Å². The van der Waals surface area contributed by atoms with Gasteiger partial charge in [0, 0.05) is 6.54 Å². The van der Waals surface area contributed by atoms with Crippen LogP contribution < -0.4 is 5.32 Å². The molecule has 2 aromatic rings. The Morgan fingerprint density at radius 1 is 1.26 bits per heavy atom. The highest BCUT2D eigenvalue weighted by molar-refractivity contribution is 6.29. The number of hydrogen-bond acceptors (Lipinski definition) is 4. The van der Waals surface area contributed by atoms with E-state index < -0.39 is 0 Å². The number of anilines is 1. The summed E-state index contributed by atoms with van der Waals surface area (Å²) < 4.78 is 4.64. The van der Waals surface area contributed by atoms with Crippen LogP contribution in [0, 0.1) is 0 Å². The number of aromatic nitrogens is 1. The average Bonchev–Trinajstić information content (AvgIpc) is 2.46.